The molecule has 1 N–H and O–H groups in total. The highest BCUT2D eigenvalue weighted by Crippen LogP contribution is 2.44. The summed E-state index contributed by atoms with van der Waals surface area (Å²) in [7, 11) is 1.98. The number of hydrogen-bond donors (Lipinski definition) is 1. The number of aromatic nitrogens is 2. The van der Waals surface area contributed by atoms with Gasteiger partial charge in [-0.25, -0.2) is 4.98 Å². The molecule has 0 unspecified atom stereocenters. The van der Waals surface area contributed by atoms with Crippen LogP contribution in [0.2, 0.25) is 0 Å². The predicted molar refractivity (Wildman–Crippen MR) is 66.5 cm³/mol. The quantitative estimate of drug-likeness (QED) is 0.873. The molecular formula is C13H14N4. The number of benzene rings is 1. The second-order valence-electron chi connectivity index (χ2n) is 4.80. The number of nitrogens with zero attached hydrogens (tertiary/aromatic N) is 3. The Kier molecular flexibility index (Phi) is 2.08. The van der Waals surface area contributed by atoms with Gasteiger partial charge >= 0.3 is 0 Å². The van der Waals surface area contributed by atoms with E-state index in [-0.39, 0.29) is 5.41 Å². The molecule has 1 aliphatic rings. The first-order chi connectivity index (χ1) is 8.22. The Balaban J connectivity index is 1.80. The molecule has 1 heterocycles. The van der Waals surface area contributed by atoms with E-state index >= 15 is 0 Å². The van der Waals surface area contributed by atoms with Gasteiger partial charge in [-0.2, -0.15) is 5.26 Å². The van der Waals surface area contributed by atoms with Gasteiger partial charge in [0.25, 0.3) is 0 Å². The molecule has 1 aliphatic carbocycles. The molecule has 86 valence electrons. The van der Waals surface area contributed by atoms with Crippen molar-refractivity contribution >= 4 is 16.7 Å². The fraction of sp³-hybridized carbons (Fsp3) is 0.385. The Hall–Kier alpha value is -2.02. The van der Waals surface area contributed by atoms with Crippen LogP contribution in [0.4, 0.5) is 5.69 Å². The summed E-state index contributed by atoms with van der Waals surface area (Å²) in [5, 5.41) is 12.3. The third-order valence-corrected chi connectivity index (χ3v) is 3.45. The number of aryl methyl sites for hydroxylation is 1. The molecule has 17 heavy (non-hydrogen) atoms. The lowest BCUT2D eigenvalue weighted by molar-refractivity contribution is 0.711. The summed E-state index contributed by atoms with van der Waals surface area (Å²) in [5.74, 6) is 0. The lowest BCUT2D eigenvalue weighted by Gasteiger charge is -2.09. The topological polar surface area (TPSA) is 53.6 Å². The molecular weight excluding hydrogens is 212 g/mol. The molecule has 0 saturated heterocycles. The van der Waals surface area contributed by atoms with Crippen LogP contribution in [0.1, 0.15) is 12.8 Å². The molecule has 0 aliphatic heterocycles. The number of imidazole rings is 1. The summed E-state index contributed by atoms with van der Waals surface area (Å²) in [5.41, 5.74) is 3.04. The van der Waals surface area contributed by atoms with E-state index in [2.05, 4.69) is 22.4 Å². The molecule has 0 spiro atoms. The summed E-state index contributed by atoms with van der Waals surface area (Å²) in [6.07, 6.45) is 3.84. The van der Waals surface area contributed by atoms with Crippen molar-refractivity contribution in [3.8, 4) is 6.07 Å². The van der Waals surface area contributed by atoms with Gasteiger partial charge in [0.2, 0.25) is 0 Å². The zero-order chi connectivity index (χ0) is 11.9. The van der Waals surface area contributed by atoms with Gasteiger partial charge in [-0.1, -0.05) is 0 Å². The second-order valence-corrected chi connectivity index (χ2v) is 4.80. The van der Waals surface area contributed by atoms with Crippen molar-refractivity contribution in [1.29, 1.82) is 5.26 Å². The van der Waals surface area contributed by atoms with E-state index in [1.807, 2.05) is 30.1 Å². The standard InChI is InChI=1S/C13H14N4/c1-17-9-16-11-6-10(2-3-12(11)17)15-8-13(7-14)4-5-13/h2-3,6,9,15H,4-5,8H2,1H3. The summed E-state index contributed by atoms with van der Waals surface area (Å²) in [6, 6.07) is 8.50. The predicted octanol–water partition coefficient (Wildman–Crippen LogP) is 2.29. The van der Waals surface area contributed by atoms with E-state index in [9.17, 15) is 0 Å². The summed E-state index contributed by atoms with van der Waals surface area (Å²) in [4.78, 5) is 4.32. The largest absolute Gasteiger partial charge is 0.383 e. The van der Waals surface area contributed by atoms with E-state index in [0.717, 1.165) is 36.1 Å². The third kappa shape index (κ3) is 1.74. The highest BCUT2D eigenvalue weighted by molar-refractivity contribution is 5.79. The van der Waals surface area contributed by atoms with Crippen LogP contribution in [0.25, 0.3) is 11.0 Å². The molecule has 1 fully saturated rings. The maximum Gasteiger partial charge on any atom is 0.0955 e. The van der Waals surface area contributed by atoms with E-state index in [0.29, 0.717) is 0 Å². The highest BCUT2D eigenvalue weighted by Gasteiger charge is 2.42. The maximum absolute atomic E-state index is 9.00. The van der Waals surface area contributed by atoms with E-state index in [1.165, 1.54) is 0 Å². The molecule has 2 aromatic rings. The van der Waals surface area contributed by atoms with Crippen molar-refractivity contribution in [2.45, 2.75) is 12.8 Å². The molecule has 4 nitrogen and oxygen atoms in total. The number of fused-ring (bicyclic) bond motifs is 1. The van der Waals surface area contributed by atoms with Crippen LogP contribution in [0.5, 0.6) is 0 Å². The van der Waals surface area contributed by atoms with Crippen LogP contribution in [-0.4, -0.2) is 16.1 Å². The first kappa shape index (κ1) is 10.2. The first-order valence-corrected chi connectivity index (χ1v) is 5.79. The summed E-state index contributed by atoms with van der Waals surface area (Å²) < 4.78 is 2.00. The minimum absolute atomic E-state index is 0.112. The molecule has 0 atom stereocenters. The van der Waals surface area contributed by atoms with Gasteiger partial charge in [-0.05, 0) is 31.0 Å². The SMILES string of the molecule is Cn1cnc2cc(NCC3(C#N)CC3)ccc21. The van der Waals surface area contributed by atoms with Crippen molar-refractivity contribution < 1.29 is 0 Å². The average Bonchev–Trinajstić information content (AvgIpc) is 3.06. The summed E-state index contributed by atoms with van der Waals surface area (Å²) >= 11 is 0. The lowest BCUT2D eigenvalue weighted by Crippen LogP contribution is -2.13. The number of nitriles is 1. The van der Waals surface area contributed by atoms with E-state index < -0.39 is 0 Å². The third-order valence-electron chi connectivity index (χ3n) is 3.45. The smallest absolute Gasteiger partial charge is 0.0955 e. The Bertz CT molecular complexity index is 601. The van der Waals surface area contributed by atoms with Crippen LogP contribution in [0.15, 0.2) is 24.5 Å². The van der Waals surface area contributed by atoms with Crippen molar-refractivity contribution in [1.82, 2.24) is 9.55 Å². The Morgan fingerprint density at radius 1 is 1.53 bits per heavy atom. The molecule has 4 heteroatoms. The van der Waals surface area contributed by atoms with Gasteiger partial charge in [0, 0.05) is 19.3 Å². The molecule has 1 aromatic carbocycles. The van der Waals surface area contributed by atoms with Crippen molar-refractivity contribution in [3.63, 3.8) is 0 Å². The zero-order valence-electron chi connectivity index (χ0n) is 9.77. The number of rotatable bonds is 3. The zero-order valence-corrected chi connectivity index (χ0v) is 9.77. The first-order valence-electron chi connectivity index (χ1n) is 5.79. The Morgan fingerprint density at radius 3 is 3.06 bits per heavy atom. The fourth-order valence-corrected chi connectivity index (χ4v) is 2.00. The molecule has 0 radical (unpaired) electrons. The van der Waals surface area contributed by atoms with Crippen LogP contribution in [0.3, 0.4) is 0 Å². The van der Waals surface area contributed by atoms with Crippen LogP contribution in [0, 0.1) is 16.7 Å². The maximum atomic E-state index is 9.00. The molecule has 1 saturated carbocycles. The van der Waals surface area contributed by atoms with Crippen LogP contribution >= 0.6 is 0 Å². The van der Waals surface area contributed by atoms with Gasteiger partial charge in [0.1, 0.15) is 0 Å². The normalized spacial score (nSPS) is 16.7. The second kappa shape index (κ2) is 3.49. The van der Waals surface area contributed by atoms with E-state index in [4.69, 9.17) is 5.26 Å². The number of hydrogen-bond acceptors (Lipinski definition) is 3. The van der Waals surface area contributed by atoms with Crippen LogP contribution < -0.4 is 5.32 Å². The van der Waals surface area contributed by atoms with Crippen molar-refractivity contribution in [2.24, 2.45) is 12.5 Å². The monoisotopic (exact) mass is 226 g/mol. The van der Waals surface area contributed by atoms with Gasteiger partial charge < -0.3 is 9.88 Å². The van der Waals surface area contributed by atoms with Crippen molar-refractivity contribution in [2.75, 3.05) is 11.9 Å². The molecule has 3 rings (SSSR count). The number of anilines is 1. The van der Waals surface area contributed by atoms with Gasteiger partial charge in [0.15, 0.2) is 0 Å². The van der Waals surface area contributed by atoms with Crippen molar-refractivity contribution in [3.05, 3.63) is 24.5 Å². The molecule has 0 bridgehead atoms. The highest BCUT2D eigenvalue weighted by atomic mass is 15.0. The average molecular weight is 226 g/mol. The van der Waals surface area contributed by atoms with Gasteiger partial charge in [-0.3, -0.25) is 0 Å². The van der Waals surface area contributed by atoms with Gasteiger partial charge in [0.05, 0.1) is 28.8 Å². The lowest BCUT2D eigenvalue weighted by atomic mass is 10.1. The molecule has 1 aromatic heterocycles. The fourth-order valence-electron chi connectivity index (χ4n) is 2.00. The Morgan fingerprint density at radius 2 is 2.35 bits per heavy atom. The van der Waals surface area contributed by atoms with E-state index in [1.54, 1.807) is 0 Å². The molecule has 0 amide bonds. The minimum Gasteiger partial charge on any atom is -0.383 e. The summed E-state index contributed by atoms with van der Waals surface area (Å²) in [6.45, 7) is 0.738. The Labute approximate surface area is 99.9 Å². The minimum atomic E-state index is -0.112. The van der Waals surface area contributed by atoms with Gasteiger partial charge in [-0.15, -0.1) is 0 Å². The van der Waals surface area contributed by atoms with Crippen LogP contribution in [-0.2, 0) is 7.05 Å². The number of nitrogens with one attached hydrogen (secondary N) is 1.